The number of para-hydroxylation sites is 1. The van der Waals surface area contributed by atoms with Gasteiger partial charge in [0.15, 0.2) is 5.16 Å². The molecule has 0 unspecified atom stereocenters. The molecule has 1 aromatic heterocycles. The maximum Gasteiger partial charge on any atom is 0.189 e. The number of nitriles is 1. The zero-order valence-corrected chi connectivity index (χ0v) is 13.4. The summed E-state index contributed by atoms with van der Waals surface area (Å²) in [5.74, 6) is 2.34. The molecule has 0 aliphatic heterocycles. The molecule has 0 saturated heterocycles. The van der Waals surface area contributed by atoms with E-state index in [4.69, 9.17) is 10.5 Å². The van der Waals surface area contributed by atoms with Crippen LogP contribution in [-0.4, -0.2) is 15.7 Å². The molecule has 0 aliphatic rings. The van der Waals surface area contributed by atoms with Crippen LogP contribution in [0.4, 0.5) is 5.82 Å². The van der Waals surface area contributed by atoms with Crippen molar-refractivity contribution in [2.75, 3.05) is 11.5 Å². The van der Waals surface area contributed by atoms with Crippen LogP contribution in [0, 0.1) is 17.2 Å². The highest BCUT2D eigenvalue weighted by Gasteiger charge is 2.13. The van der Waals surface area contributed by atoms with Crippen LogP contribution in [-0.2, 0) is 6.61 Å². The number of thioether (sulfide) groups is 1. The van der Waals surface area contributed by atoms with Gasteiger partial charge in [-0.05, 0) is 18.1 Å². The van der Waals surface area contributed by atoms with Crippen molar-refractivity contribution in [3.8, 4) is 11.8 Å². The molecule has 0 amide bonds. The zero-order chi connectivity index (χ0) is 15.9. The van der Waals surface area contributed by atoms with Crippen molar-refractivity contribution in [3.63, 3.8) is 0 Å². The number of aromatic nitrogens is 2. The fourth-order valence-corrected chi connectivity index (χ4v) is 2.52. The highest BCUT2D eigenvalue weighted by Crippen LogP contribution is 2.22. The van der Waals surface area contributed by atoms with Crippen molar-refractivity contribution >= 4 is 17.6 Å². The van der Waals surface area contributed by atoms with Crippen LogP contribution in [0.15, 0.2) is 35.5 Å². The Labute approximate surface area is 134 Å². The van der Waals surface area contributed by atoms with Crippen LogP contribution in [0.2, 0.25) is 0 Å². The smallest absolute Gasteiger partial charge is 0.189 e. The van der Waals surface area contributed by atoms with E-state index in [-0.39, 0.29) is 18.0 Å². The zero-order valence-electron chi connectivity index (χ0n) is 12.6. The van der Waals surface area contributed by atoms with Crippen LogP contribution in [0.5, 0.6) is 5.75 Å². The standard InChI is InChI=1S/C16H18N4OS/c1-11(2)10-22-16-19-14(13(8-17)15(18)20-16)9-21-12-6-4-3-5-7-12/h3-7,11H,9-10H2,1-2H3,(H2,18,19,20). The van der Waals surface area contributed by atoms with Gasteiger partial charge in [0.25, 0.3) is 0 Å². The molecule has 0 fully saturated rings. The Morgan fingerprint density at radius 2 is 2.00 bits per heavy atom. The van der Waals surface area contributed by atoms with E-state index in [0.29, 0.717) is 16.8 Å². The maximum absolute atomic E-state index is 9.23. The number of rotatable bonds is 6. The molecular formula is C16H18N4OS. The number of hydrogen-bond acceptors (Lipinski definition) is 6. The van der Waals surface area contributed by atoms with Gasteiger partial charge < -0.3 is 10.5 Å². The molecule has 114 valence electrons. The Morgan fingerprint density at radius 1 is 1.27 bits per heavy atom. The molecule has 0 bridgehead atoms. The number of nitrogens with two attached hydrogens (primary N) is 1. The Balaban J connectivity index is 2.18. The number of benzene rings is 1. The van der Waals surface area contributed by atoms with Gasteiger partial charge in [-0.25, -0.2) is 9.97 Å². The van der Waals surface area contributed by atoms with E-state index < -0.39 is 0 Å². The van der Waals surface area contributed by atoms with Crippen LogP contribution in [0.25, 0.3) is 0 Å². The summed E-state index contributed by atoms with van der Waals surface area (Å²) in [5, 5.41) is 9.81. The molecule has 0 aliphatic carbocycles. The predicted molar refractivity (Wildman–Crippen MR) is 87.5 cm³/mol. The van der Waals surface area contributed by atoms with Gasteiger partial charge >= 0.3 is 0 Å². The molecule has 0 saturated carbocycles. The minimum atomic E-state index is 0.189. The van der Waals surface area contributed by atoms with Gasteiger partial charge in [-0.2, -0.15) is 5.26 Å². The molecule has 0 spiro atoms. The first kappa shape index (κ1) is 16.1. The van der Waals surface area contributed by atoms with E-state index in [9.17, 15) is 5.26 Å². The third-order valence-electron chi connectivity index (χ3n) is 2.77. The van der Waals surface area contributed by atoms with E-state index >= 15 is 0 Å². The molecule has 22 heavy (non-hydrogen) atoms. The monoisotopic (exact) mass is 314 g/mol. The van der Waals surface area contributed by atoms with E-state index in [0.717, 1.165) is 11.5 Å². The van der Waals surface area contributed by atoms with Crippen LogP contribution < -0.4 is 10.5 Å². The minimum Gasteiger partial charge on any atom is -0.487 e. The molecule has 6 heteroatoms. The quantitative estimate of drug-likeness (QED) is 0.650. The Hall–Kier alpha value is -2.26. The number of hydrogen-bond donors (Lipinski definition) is 1. The van der Waals surface area contributed by atoms with Crippen molar-refractivity contribution in [3.05, 3.63) is 41.6 Å². The van der Waals surface area contributed by atoms with Crippen molar-refractivity contribution < 1.29 is 4.74 Å². The summed E-state index contributed by atoms with van der Waals surface area (Å²) in [6.07, 6.45) is 0. The van der Waals surface area contributed by atoms with Gasteiger partial charge in [-0.1, -0.05) is 43.8 Å². The SMILES string of the molecule is CC(C)CSc1nc(N)c(C#N)c(COc2ccccc2)n1. The summed E-state index contributed by atoms with van der Waals surface area (Å²) >= 11 is 1.53. The van der Waals surface area contributed by atoms with Crippen LogP contribution >= 0.6 is 11.8 Å². The molecule has 2 rings (SSSR count). The van der Waals surface area contributed by atoms with E-state index in [1.807, 2.05) is 30.3 Å². The lowest BCUT2D eigenvalue weighted by Gasteiger charge is -2.10. The predicted octanol–water partition coefficient (Wildman–Crippen LogP) is 3.26. The lowest BCUT2D eigenvalue weighted by molar-refractivity contribution is 0.299. The number of ether oxygens (including phenoxy) is 1. The molecule has 1 aromatic carbocycles. The van der Waals surface area contributed by atoms with Gasteiger partial charge in [0.2, 0.25) is 0 Å². The lowest BCUT2D eigenvalue weighted by Crippen LogP contribution is -2.08. The third kappa shape index (κ3) is 4.37. The van der Waals surface area contributed by atoms with E-state index in [2.05, 4.69) is 29.9 Å². The van der Waals surface area contributed by atoms with Crippen molar-refractivity contribution in [1.29, 1.82) is 5.26 Å². The average Bonchev–Trinajstić information content (AvgIpc) is 2.51. The number of nitrogen functional groups attached to an aromatic ring is 1. The summed E-state index contributed by atoms with van der Waals surface area (Å²) < 4.78 is 5.66. The normalized spacial score (nSPS) is 10.5. The van der Waals surface area contributed by atoms with Crippen LogP contribution in [0.3, 0.4) is 0 Å². The average molecular weight is 314 g/mol. The first-order valence-electron chi connectivity index (χ1n) is 6.97. The molecular weight excluding hydrogens is 296 g/mol. The summed E-state index contributed by atoms with van der Waals surface area (Å²) in [7, 11) is 0. The summed E-state index contributed by atoms with van der Waals surface area (Å²) in [4.78, 5) is 8.60. The molecule has 1 heterocycles. The first-order chi connectivity index (χ1) is 10.6. The molecule has 2 aromatic rings. The Morgan fingerprint density at radius 3 is 2.64 bits per heavy atom. The fourth-order valence-electron chi connectivity index (χ4n) is 1.70. The van der Waals surface area contributed by atoms with Gasteiger partial charge in [-0.15, -0.1) is 0 Å². The van der Waals surface area contributed by atoms with Gasteiger partial charge in [0.05, 0.1) is 0 Å². The van der Waals surface area contributed by atoms with Crippen molar-refractivity contribution in [1.82, 2.24) is 9.97 Å². The highest BCUT2D eigenvalue weighted by molar-refractivity contribution is 7.99. The highest BCUT2D eigenvalue weighted by atomic mass is 32.2. The van der Waals surface area contributed by atoms with Crippen molar-refractivity contribution in [2.24, 2.45) is 5.92 Å². The van der Waals surface area contributed by atoms with Gasteiger partial charge in [-0.3, -0.25) is 0 Å². The van der Waals surface area contributed by atoms with E-state index in [1.54, 1.807) is 0 Å². The third-order valence-corrected chi connectivity index (χ3v) is 4.04. The van der Waals surface area contributed by atoms with Gasteiger partial charge in [0, 0.05) is 5.75 Å². The first-order valence-corrected chi connectivity index (χ1v) is 7.96. The van der Waals surface area contributed by atoms with E-state index in [1.165, 1.54) is 11.8 Å². The topological polar surface area (TPSA) is 84.8 Å². The second-order valence-electron chi connectivity index (χ2n) is 5.13. The summed E-state index contributed by atoms with van der Waals surface area (Å²) in [6.45, 7) is 4.44. The molecule has 0 radical (unpaired) electrons. The number of anilines is 1. The number of nitrogens with zero attached hydrogens (tertiary/aromatic N) is 3. The minimum absolute atomic E-state index is 0.189. The summed E-state index contributed by atoms with van der Waals surface area (Å²) in [5.41, 5.74) is 6.67. The Bertz CT molecular complexity index is 668. The maximum atomic E-state index is 9.23. The Kier molecular flexibility index (Phi) is 5.61. The largest absolute Gasteiger partial charge is 0.487 e. The molecule has 0 atom stereocenters. The second kappa shape index (κ2) is 7.66. The molecule has 5 nitrogen and oxygen atoms in total. The summed E-state index contributed by atoms with van der Waals surface area (Å²) in [6, 6.07) is 11.4. The fraction of sp³-hybridized carbons (Fsp3) is 0.312. The lowest BCUT2D eigenvalue weighted by atomic mass is 10.2. The van der Waals surface area contributed by atoms with Crippen molar-refractivity contribution in [2.45, 2.75) is 25.6 Å². The van der Waals surface area contributed by atoms with Gasteiger partial charge in [0.1, 0.15) is 35.5 Å². The molecule has 2 N–H and O–H groups in total. The van der Waals surface area contributed by atoms with Crippen LogP contribution in [0.1, 0.15) is 25.1 Å². The second-order valence-corrected chi connectivity index (χ2v) is 6.12.